The summed E-state index contributed by atoms with van der Waals surface area (Å²) in [5.41, 5.74) is 12.9. The Morgan fingerprint density at radius 2 is 1.15 bits per heavy atom. The minimum absolute atomic E-state index is 0.181. The maximum absolute atomic E-state index is 12.7. The number of hydrogen-bond donors (Lipinski definition) is 7. The van der Waals surface area contributed by atoms with E-state index >= 15 is 0 Å². The first-order valence-electron chi connectivity index (χ1n) is 19.7. The molecule has 0 radical (unpaired) electrons. The number of carbonyl (C=O) groups is 6. The van der Waals surface area contributed by atoms with Crippen LogP contribution < -0.4 is 26.8 Å². The van der Waals surface area contributed by atoms with Gasteiger partial charge in [0.1, 0.15) is 12.1 Å². The van der Waals surface area contributed by atoms with E-state index in [0.717, 1.165) is 49.9 Å². The van der Waals surface area contributed by atoms with Crippen LogP contribution in [0.5, 0.6) is 0 Å². The van der Waals surface area contributed by atoms with E-state index in [1.807, 2.05) is 66.7 Å². The molecule has 0 bridgehead atoms. The number of amides is 5. The number of nitrogens with zero attached hydrogens (tertiary/aromatic N) is 3. The van der Waals surface area contributed by atoms with Gasteiger partial charge in [0, 0.05) is 51.4 Å². The molecule has 5 amide bonds. The quantitative estimate of drug-likeness (QED) is 0.0828. The van der Waals surface area contributed by atoms with Gasteiger partial charge >= 0.3 is 12.3 Å². The van der Waals surface area contributed by atoms with Gasteiger partial charge in [-0.3, -0.25) is 24.0 Å². The Labute approximate surface area is 368 Å². The number of halogens is 3. The molecule has 2 aromatic heterocycles. The number of likely N-dealkylation sites (N-methyl/N-ethyl adjacent to an activating group) is 2. The average molecular weight is 893 g/mol. The van der Waals surface area contributed by atoms with Crippen molar-refractivity contribution in [3.05, 3.63) is 107 Å². The van der Waals surface area contributed by atoms with Crippen molar-refractivity contribution >= 4 is 81.6 Å². The monoisotopic (exact) mass is 892 g/mol. The van der Waals surface area contributed by atoms with Crippen LogP contribution >= 0.6 is 0 Å². The second-order valence-corrected chi connectivity index (χ2v) is 15.5. The summed E-state index contributed by atoms with van der Waals surface area (Å²) in [6, 6.07) is 26.4. The molecule has 65 heavy (non-hydrogen) atoms. The standard InChI is InChI=1S/C24H25N5O4.C19H17N5O2.C2HF3O/c1-24(2,3)33-23(32)29(4)13-19(30)26-15-10-16-20-17(12-25-28-22(16)31)21(27-18(20)11-15)14-8-6-5-7-9-14;1-20-10-16(25)22-12-7-13-17-14(9-21-24-19(13)26)18(23-15(17)8-12)11-5-3-2-4-6-11;3-2(4,5)1-6/h5-12,27H,13H2,1-4H3,(H,26,30)(H,28,31);2-9,20,23H,10H2,1H3,(H,22,25)(H,24,26);1H. The smallest absolute Gasteiger partial charge is 0.444 e. The third-order valence-corrected chi connectivity index (χ3v) is 9.33. The molecule has 0 saturated carbocycles. The number of nitrogens with one attached hydrogen (secondary N) is 7. The van der Waals surface area contributed by atoms with Crippen LogP contribution in [-0.4, -0.2) is 102 Å². The summed E-state index contributed by atoms with van der Waals surface area (Å²) < 4.78 is 36.5. The maximum atomic E-state index is 12.7. The zero-order valence-electron chi connectivity index (χ0n) is 35.6. The first kappa shape index (κ1) is 46.4. The Morgan fingerprint density at radius 3 is 1.55 bits per heavy atom. The van der Waals surface area contributed by atoms with Gasteiger partial charge in [-0.2, -0.15) is 23.4 Å². The van der Waals surface area contributed by atoms with Gasteiger partial charge in [0.05, 0.1) is 41.5 Å². The summed E-state index contributed by atoms with van der Waals surface area (Å²) in [7, 11) is 3.18. The lowest BCUT2D eigenvalue weighted by Crippen LogP contribution is -2.38. The van der Waals surface area contributed by atoms with Crippen molar-refractivity contribution in [3.8, 4) is 22.5 Å². The van der Waals surface area contributed by atoms with Crippen LogP contribution in [0.4, 0.5) is 29.3 Å². The van der Waals surface area contributed by atoms with E-state index in [0.29, 0.717) is 28.0 Å². The van der Waals surface area contributed by atoms with Crippen molar-refractivity contribution in [3.63, 3.8) is 0 Å². The minimum atomic E-state index is -4.64. The van der Waals surface area contributed by atoms with Gasteiger partial charge < -0.3 is 35.6 Å². The van der Waals surface area contributed by atoms with Gasteiger partial charge in [0.25, 0.3) is 11.8 Å². The second kappa shape index (κ2) is 19.5. The van der Waals surface area contributed by atoms with Crippen molar-refractivity contribution in [2.45, 2.75) is 32.5 Å². The molecule has 4 heterocycles. The van der Waals surface area contributed by atoms with E-state index in [9.17, 15) is 37.1 Å². The Hall–Kier alpha value is -8.13. The second-order valence-electron chi connectivity index (χ2n) is 15.5. The van der Waals surface area contributed by atoms with E-state index in [1.165, 1.54) is 11.9 Å². The molecule has 4 aromatic carbocycles. The lowest BCUT2D eigenvalue weighted by atomic mass is 10.0. The topological polar surface area (TPSA) is 231 Å². The number of aromatic amines is 2. The number of aromatic nitrogens is 2. The Kier molecular flexibility index (Phi) is 13.9. The highest BCUT2D eigenvalue weighted by Crippen LogP contribution is 2.36. The molecule has 20 heteroatoms. The van der Waals surface area contributed by atoms with Gasteiger partial charge in [0.15, 0.2) is 0 Å². The predicted molar refractivity (Wildman–Crippen MR) is 240 cm³/mol. The van der Waals surface area contributed by atoms with Crippen molar-refractivity contribution in [1.29, 1.82) is 0 Å². The number of carbonyl (C=O) groups excluding carboxylic acids is 6. The zero-order chi connectivity index (χ0) is 47.1. The number of ether oxygens (including phenoxy) is 1. The first-order valence-corrected chi connectivity index (χ1v) is 19.7. The molecule has 0 spiro atoms. The number of H-pyrrole nitrogens is 2. The Balaban J connectivity index is 0.000000195. The first-order chi connectivity index (χ1) is 30.8. The molecule has 0 saturated heterocycles. The third kappa shape index (κ3) is 11.5. The van der Waals surface area contributed by atoms with Crippen LogP contribution in [0.1, 0.15) is 52.6 Å². The largest absolute Gasteiger partial charge is 0.446 e. The maximum Gasteiger partial charge on any atom is 0.446 e. The normalized spacial score (nSPS) is 12.6. The summed E-state index contributed by atoms with van der Waals surface area (Å²) >= 11 is 0. The summed E-state index contributed by atoms with van der Waals surface area (Å²) in [5, 5.41) is 17.9. The number of benzene rings is 4. The molecule has 0 fully saturated rings. The number of aldehydes is 1. The highest BCUT2D eigenvalue weighted by Gasteiger charge is 2.26. The van der Waals surface area contributed by atoms with Crippen molar-refractivity contribution in [2.75, 3.05) is 37.8 Å². The molecule has 8 rings (SSSR count). The number of anilines is 2. The Morgan fingerprint density at radius 1 is 0.723 bits per heavy atom. The lowest BCUT2D eigenvalue weighted by molar-refractivity contribution is -0.156. The minimum Gasteiger partial charge on any atom is -0.444 e. The van der Waals surface area contributed by atoms with E-state index in [1.54, 1.807) is 58.4 Å². The average Bonchev–Trinajstić information content (AvgIpc) is 3.69. The predicted octanol–water partition coefficient (Wildman–Crippen LogP) is 6.54. The van der Waals surface area contributed by atoms with E-state index in [4.69, 9.17) is 9.53 Å². The van der Waals surface area contributed by atoms with Gasteiger partial charge in [-0.25, -0.2) is 15.6 Å². The van der Waals surface area contributed by atoms with Crippen molar-refractivity contribution < 1.29 is 46.7 Å². The molecular formula is C45H43F3N10O7. The van der Waals surface area contributed by atoms with Crippen LogP contribution in [-0.2, 0) is 19.1 Å². The highest BCUT2D eigenvalue weighted by atomic mass is 19.4. The molecule has 0 unspecified atom stereocenters. The zero-order valence-corrected chi connectivity index (χ0v) is 35.6. The summed E-state index contributed by atoms with van der Waals surface area (Å²) in [6.45, 7) is 5.25. The Bertz CT molecular complexity index is 2850. The van der Waals surface area contributed by atoms with Gasteiger partial charge in [-0.1, -0.05) is 60.7 Å². The van der Waals surface area contributed by atoms with Crippen LogP contribution in [0.15, 0.2) is 95.1 Å². The summed E-state index contributed by atoms with van der Waals surface area (Å²) in [4.78, 5) is 78.3. The number of alkyl halides is 3. The molecule has 17 nitrogen and oxygen atoms in total. The van der Waals surface area contributed by atoms with Crippen LogP contribution in [0.25, 0.3) is 44.3 Å². The van der Waals surface area contributed by atoms with Gasteiger partial charge in [0.2, 0.25) is 18.1 Å². The fourth-order valence-corrected chi connectivity index (χ4v) is 6.76. The molecule has 336 valence electrons. The van der Waals surface area contributed by atoms with E-state index in [-0.39, 0.29) is 30.8 Å². The van der Waals surface area contributed by atoms with E-state index < -0.39 is 30.1 Å². The SMILES string of the molecule is CN(CC(=O)Nc1cc2c3c(c(-c4ccccc4)[nH]c3c1)C=NNC2=O)C(=O)OC(C)(C)C.CNCC(=O)Nc1cc2c3c(c(-c4ccccc4)[nH]c3c1)C=NNC2=O.O=CC(F)(F)F. The van der Waals surface area contributed by atoms with Crippen LogP contribution in [0.3, 0.4) is 0 Å². The van der Waals surface area contributed by atoms with Crippen molar-refractivity contribution in [1.82, 2.24) is 31.0 Å². The number of hydrazone groups is 2. The van der Waals surface area contributed by atoms with Crippen LogP contribution in [0, 0.1) is 0 Å². The van der Waals surface area contributed by atoms with Gasteiger partial charge in [-0.05, 0) is 63.2 Å². The van der Waals surface area contributed by atoms with Crippen molar-refractivity contribution in [2.24, 2.45) is 10.2 Å². The summed E-state index contributed by atoms with van der Waals surface area (Å²) in [5.74, 6) is -1.29. The molecule has 0 atom stereocenters. The third-order valence-electron chi connectivity index (χ3n) is 9.33. The molecule has 0 aliphatic carbocycles. The lowest BCUT2D eigenvalue weighted by Gasteiger charge is -2.24. The summed E-state index contributed by atoms with van der Waals surface area (Å²) in [6.07, 6.45) is -3.04. The molecule has 2 aliphatic rings. The number of rotatable bonds is 8. The molecular weight excluding hydrogens is 850 g/mol. The molecule has 6 aromatic rings. The molecule has 2 aliphatic heterocycles. The number of hydrogen-bond acceptors (Lipinski definition) is 10. The highest BCUT2D eigenvalue weighted by molar-refractivity contribution is 6.19. The van der Waals surface area contributed by atoms with E-state index in [2.05, 4.69) is 47.0 Å². The fraction of sp³-hybridized carbons (Fsp3) is 0.200. The fourth-order valence-electron chi connectivity index (χ4n) is 6.76. The van der Waals surface area contributed by atoms with Crippen LogP contribution in [0.2, 0.25) is 0 Å². The van der Waals surface area contributed by atoms with Gasteiger partial charge in [-0.15, -0.1) is 0 Å². The molecule has 7 N–H and O–H groups in total.